The predicted molar refractivity (Wildman–Crippen MR) is 90.9 cm³/mol. The van der Waals surface area contributed by atoms with E-state index in [1.165, 1.54) is 5.56 Å². The van der Waals surface area contributed by atoms with Gasteiger partial charge in [-0.2, -0.15) is 0 Å². The van der Waals surface area contributed by atoms with Crippen molar-refractivity contribution >= 4 is 11.9 Å². The highest BCUT2D eigenvalue weighted by molar-refractivity contribution is 5.77. The molecule has 0 saturated heterocycles. The Labute approximate surface area is 141 Å². The van der Waals surface area contributed by atoms with Gasteiger partial charge in [-0.05, 0) is 30.2 Å². The van der Waals surface area contributed by atoms with Crippen LogP contribution >= 0.6 is 0 Å². The quantitative estimate of drug-likeness (QED) is 0.849. The van der Waals surface area contributed by atoms with Gasteiger partial charge in [0.2, 0.25) is 0 Å². The molecular weight excluding hydrogens is 306 g/mol. The van der Waals surface area contributed by atoms with Crippen LogP contribution in [-0.2, 0) is 22.6 Å². The van der Waals surface area contributed by atoms with E-state index in [0.717, 1.165) is 5.56 Å². The molecule has 2 aromatic rings. The molecule has 0 unspecified atom stereocenters. The second-order valence-corrected chi connectivity index (χ2v) is 5.74. The summed E-state index contributed by atoms with van der Waals surface area (Å²) in [6.07, 6.45) is -0.0293. The van der Waals surface area contributed by atoms with Crippen molar-refractivity contribution in [3.05, 3.63) is 65.2 Å². The second-order valence-electron chi connectivity index (χ2n) is 5.74. The summed E-state index contributed by atoms with van der Waals surface area (Å²) in [7, 11) is 1.74. The fraction of sp³-hybridized carbons (Fsp3) is 0.263. The number of carbonyl (C=O) groups excluding carboxylic acids is 1. The first-order valence-electron chi connectivity index (χ1n) is 7.67. The van der Waals surface area contributed by atoms with Crippen LogP contribution in [0.25, 0.3) is 0 Å². The SMILES string of the molecule is Cc1ccc(CN(C)C(=O)COc2ccc(CC(=O)O)cc2)cc1. The van der Waals surface area contributed by atoms with E-state index in [9.17, 15) is 9.59 Å². The molecule has 1 N–H and O–H groups in total. The molecule has 5 heteroatoms. The summed E-state index contributed by atoms with van der Waals surface area (Å²) < 4.78 is 5.47. The van der Waals surface area contributed by atoms with Gasteiger partial charge in [0.15, 0.2) is 6.61 Å². The predicted octanol–water partition coefficient (Wildman–Crippen LogP) is 2.66. The summed E-state index contributed by atoms with van der Waals surface area (Å²) in [6.45, 7) is 2.49. The average molecular weight is 327 g/mol. The lowest BCUT2D eigenvalue weighted by Gasteiger charge is -2.17. The van der Waals surface area contributed by atoms with E-state index in [4.69, 9.17) is 9.84 Å². The van der Waals surface area contributed by atoms with Gasteiger partial charge in [-0.25, -0.2) is 0 Å². The van der Waals surface area contributed by atoms with Crippen molar-refractivity contribution in [2.75, 3.05) is 13.7 Å². The zero-order chi connectivity index (χ0) is 17.5. The Hall–Kier alpha value is -2.82. The molecule has 0 aromatic heterocycles. The summed E-state index contributed by atoms with van der Waals surface area (Å²) >= 11 is 0. The Balaban J connectivity index is 1.83. The van der Waals surface area contributed by atoms with Crippen LogP contribution in [-0.4, -0.2) is 35.5 Å². The number of hydrogen-bond acceptors (Lipinski definition) is 3. The number of aliphatic carboxylic acids is 1. The lowest BCUT2D eigenvalue weighted by molar-refractivity contribution is -0.136. The van der Waals surface area contributed by atoms with E-state index in [-0.39, 0.29) is 18.9 Å². The number of benzene rings is 2. The molecular formula is C19H21NO4. The maximum absolute atomic E-state index is 12.1. The first-order valence-corrected chi connectivity index (χ1v) is 7.67. The summed E-state index contributed by atoms with van der Waals surface area (Å²) in [5.41, 5.74) is 2.94. The third-order valence-corrected chi connectivity index (χ3v) is 3.61. The number of hydrogen-bond donors (Lipinski definition) is 1. The van der Waals surface area contributed by atoms with Crippen molar-refractivity contribution in [2.45, 2.75) is 19.9 Å². The molecule has 126 valence electrons. The molecule has 0 spiro atoms. The smallest absolute Gasteiger partial charge is 0.307 e. The normalized spacial score (nSPS) is 10.2. The average Bonchev–Trinajstić information content (AvgIpc) is 2.55. The minimum atomic E-state index is -0.878. The molecule has 5 nitrogen and oxygen atoms in total. The molecule has 2 aromatic carbocycles. The summed E-state index contributed by atoms with van der Waals surface area (Å²) in [6, 6.07) is 14.7. The van der Waals surface area contributed by atoms with Crippen LogP contribution in [0.2, 0.25) is 0 Å². The monoisotopic (exact) mass is 327 g/mol. The van der Waals surface area contributed by atoms with Crippen LogP contribution in [0.5, 0.6) is 5.75 Å². The standard InChI is InChI=1S/C19H21NO4/c1-14-3-5-16(6-4-14)12-20(2)18(21)13-24-17-9-7-15(8-10-17)11-19(22)23/h3-10H,11-13H2,1-2H3,(H,22,23). The highest BCUT2D eigenvalue weighted by Crippen LogP contribution is 2.13. The fourth-order valence-corrected chi connectivity index (χ4v) is 2.19. The summed E-state index contributed by atoms with van der Waals surface area (Å²) in [5.74, 6) is -0.456. The van der Waals surface area contributed by atoms with Crippen LogP contribution in [0.1, 0.15) is 16.7 Å². The zero-order valence-corrected chi connectivity index (χ0v) is 13.9. The van der Waals surface area contributed by atoms with E-state index in [1.54, 1.807) is 36.2 Å². The minimum absolute atomic E-state index is 0.0293. The van der Waals surface area contributed by atoms with Crippen LogP contribution in [0, 0.1) is 6.92 Å². The third kappa shape index (κ3) is 5.43. The molecule has 0 fully saturated rings. The number of amides is 1. The van der Waals surface area contributed by atoms with Crippen molar-refractivity contribution in [2.24, 2.45) is 0 Å². The Morgan fingerprint density at radius 1 is 1.00 bits per heavy atom. The Bertz CT molecular complexity index is 692. The van der Waals surface area contributed by atoms with Gasteiger partial charge in [-0.3, -0.25) is 9.59 Å². The topological polar surface area (TPSA) is 66.8 Å². The first kappa shape index (κ1) is 17.5. The van der Waals surface area contributed by atoms with Gasteiger partial charge < -0.3 is 14.7 Å². The maximum atomic E-state index is 12.1. The molecule has 24 heavy (non-hydrogen) atoms. The molecule has 0 aliphatic heterocycles. The summed E-state index contributed by atoms with van der Waals surface area (Å²) in [4.78, 5) is 24.4. The molecule has 2 rings (SSSR count). The van der Waals surface area contributed by atoms with E-state index >= 15 is 0 Å². The van der Waals surface area contributed by atoms with Gasteiger partial charge in [-0.15, -0.1) is 0 Å². The number of nitrogens with zero attached hydrogens (tertiary/aromatic N) is 1. The maximum Gasteiger partial charge on any atom is 0.307 e. The lowest BCUT2D eigenvalue weighted by Crippen LogP contribution is -2.30. The van der Waals surface area contributed by atoms with Crippen molar-refractivity contribution in [1.82, 2.24) is 4.90 Å². The largest absolute Gasteiger partial charge is 0.484 e. The number of carbonyl (C=O) groups is 2. The molecule has 0 saturated carbocycles. The van der Waals surface area contributed by atoms with Gasteiger partial charge in [-0.1, -0.05) is 42.0 Å². The molecule has 1 amide bonds. The van der Waals surface area contributed by atoms with E-state index in [2.05, 4.69) is 0 Å². The zero-order valence-electron chi connectivity index (χ0n) is 13.9. The first-order chi connectivity index (χ1) is 11.4. The fourth-order valence-electron chi connectivity index (χ4n) is 2.19. The molecule has 0 heterocycles. The van der Waals surface area contributed by atoms with Crippen molar-refractivity contribution in [3.63, 3.8) is 0 Å². The Kier molecular flexibility index (Phi) is 5.95. The van der Waals surface area contributed by atoms with Gasteiger partial charge in [0, 0.05) is 13.6 Å². The third-order valence-electron chi connectivity index (χ3n) is 3.61. The molecule has 0 aliphatic rings. The molecule has 0 radical (unpaired) electrons. The van der Waals surface area contributed by atoms with Crippen LogP contribution in [0.15, 0.2) is 48.5 Å². The number of carboxylic acid groups (broad SMARTS) is 1. The van der Waals surface area contributed by atoms with E-state index in [1.807, 2.05) is 31.2 Å². The lowest BCUT2D eigenvalue weighted by atomic mass is 10.1. The minimum Gasteiger partial charge on any atom is -0.484 e. The highest BCUT2D eigenvalue weighted by atomic mass is 16.5. The highest BCUT2D eigenvalue weighted by Gasteiger charge is 2.10. The van der Waals surface area contributed by atoms with Crippen LogP contribution in [0.3, 0.4) is 0 Å². The molecule has 0 atom stereocenters. The number of aryl methyl sites for hydroxylation is 1. The molecule has 0 bridgehead atoms. The van der Waals surface area contributed by atoms with Gasteiger partial charge in [0.05, 0.1) is 6.42 Å². The summed E-state index contributed by atoms with van der Waals surface area (Å²) in [5, 5.41) is 8.73. The van der Waals surface area contributed by atoms with E-state index < -0.39 is 5.97 Å². The molecule has 0 aliphatic carbocycles. The number of ether oxygens (including phenoxy) is 1. The van der Waals surface area contributed by atoms with Crippen molar-refractivity contribution in [1.29, 1.82) is 0 Å². The Morgan fingerprint density at radius 2 is 1.58 bits per heavy atom. The van der Waals surface area contributed by atoms with E-state index in [0.29, 0.717) is 17.9 Å². The van der Waals surface area contributed by atoms with Gasteiger partial charge in [0.25, 0.3) is 5.91 Å². The van der Waals surface area contributed by atoms with Crippen LogP contribution < -0.4 is 4.74 Å². The van der Waals surface area contributed by atoms with Crippen LogP contribution in [0.4, 0.5) is 0 Å². The van der Waals surface area contributed by atoms with Gasteiger partial charge >= 0.3 is 5.97 Å². The van der Waals surface area contributed by atoms with Crippen molar-refractivity contribution in [3.8, 4) is 5.75 Å². The van der Waals surface area contributed by atoms with Crippen molar-refractivity contribution < 1.29 is 19.4 Å². The number of likely N-dealkylation sites (N-methyl/N-ethyl adjacent to an activating group) is 1. The number of rotatable bonds is 7. The second kappa shape index (κ2) is 8.15. The Morgan fingerprint density at radius 3 is 2.17 bits per heavy atom. The number of carboxylic acids is 1. The van der Waals surface area contributed by atoms with Gasteiger partial charge in [0.1, 0.15) is 5.75 Å².